The summed E-state index contributed by atoms with van der Waals surface area (Å²) in [7, 11) is 0. The number of halogens is 1. The van der Waals surface area contributed by atoms with Crippen LogP contribution in [0.15, 0.2) is 42.5 Å². The Bertz CT molecular complexity index is 976. The molecule has 0 aliphatic rings. The number of carbonyl (C=O) groups excluding carboxylic acids is 2. The summed E-state index contributed by atoms with van der Waals surface area (Å²) in [6.07, 6.45) is -0.382. The number of ketones is 2. The summed E-state index contributed by atoms with van der Waals surface area (Å²) in [6, 6.07) is 11.7. The summed E-state index contributed by atoms with van der Waals surface area (Å²) in [5.41, 5.74) is 1.14. The summed E-state index contributed by atoms with van der Waals surface area (Å²) in [5.74, 6) is -1.08. The number of hydrogen-bond acceptors (Lipinski definition) is 4. The van der Waals surface area contributed by atoms with E-state index in [0.29, 0.717) is 10.4 Å². The largest absolute Gasteiger partial charge is 0.507 e. The SMILES string of the molecule is CC(C)n1nc(C(=O)CC(=O)c2cc(Cl)ccc2O)c2ccccc21. The molecular formula is C19H17ClN2O3. The van der Waals surface area contributed by atoms with Crippen molar-refractivity contribution in [3.8, 4) is 5.75 Å². The topological polar surface area (TPSA) is 72.2 Å². The minimum atomic E-state index is -0.492. The third-order valence-electron chi connectivity index (χ3n) is 3.95. The molecule has 0 saturated carbocycles. The molecule has 3 aromatic rings. The Morgan fingerprint density at radius 2 is 1.88 bits per heavy atom. The van der Waals surface area contributed by atoms with Crippen molar-refractivity contribution < 1.29 is 14.7 Å². The van der Waals surface area contributed by atoms with Crippen molar-refractivity contribution >= 4 is 34.1 Å². The molecule has 25 heavy (non-hydrogen) atoms. The molecule has 6 heteroatoms. The first-order valence-electron chi connectivity index (χ1n) is 7.90. The Morgan fingerprint density at radius 3 is 2.60 bits per heavy atom. The number of nitrogens with zero attached hydrogens (tertiary/aromatic N) is 2. The van der Waals surface area contributed by atoms with Crippen LogP contribution in [0.1, 0.15) is 47.2 Å². The molecular weight excluding hydrogens is 340 g/mol. The molecule has 1 aromatic heterocycles. The van der Waals surface area contributed by atoms with Crippen LogP contribution in [0.5, 0.6) is 5.75 Å². The van der Waals surface area contributed by atoms with Crippen LogP contribution < -0.4 is 0 Å². The molecule has 0 spiro atoms. The van der Waals surface area contributed by atoms with E-state index >= 15 is 0 Å². The van der Waals surface area contributed by atoms with Crippen molar-refractivity contribution in [3.63, 3.8) is 0 Å². The van der Waals surface area contributed by atoms with Gasteiger partial charge >= 0.3 is 0 Å². The standard InChI is InChI=1S/C19H17ClN2O3/c1-11(2)22-15-6-4-3-5-13(15)19(21-22)18(25)10-17(24)14-9-12(20)7-8-16(14)23/h3-9,11,23H,10H2,1-2H3. The first-order chi connectivity index (χ1) is 11.9. The third-order valence-corrected chi connectivity index (χ3v) is 4.18. The summed E-state index contributed by atoms with van der Waals surface area (Å²) in [5, 5.41) is 15.3. The van der Waals surface area contributed by atoms with Gasteiger partial charge in [0.2, 0.25) is 0 Å². The van der Waals surface area contributed by atoms with E-state index in [0.717, 1.165) is 5.52 Å². The minimum absolute atomic E-state index is 0.0356. The van der Waals surface area contributed by atoms with E-state index in [9.17, 15) is 14.7 Å². The highest BCUT2D eigenvalue weighted by atomic mass is 35.5. The predicted molar refractivity (Wildman–Crippen MR) is 96.5 cm³/mol. The molecule has 0 fully saturated rings. The fourth-order valence-electron chi connectivity index (χ4n) is 2.75. The van der Waals surface area contributed by atoms with Crippen LogP contribution in [0.2, 0.25) is 5.02 Å². The quantitative estimate of drug-likeness (QED) is 0.542. The van der Waals surface area contributed by atoms with E-state index in [2.05, 4.69) is 5.10 Å². The van der Waals surface area contributed by atoms with E-state index < -0.39 is 5.78 Å². The van der Waals surface area contributed by atoms with Gasteiger partial charge in [-0.2, -0.15) is 5.10 Å². The summed E-state index contributed by atoms with van der Waals surface area (Å²) >= 11 is 5.87. The molecule has 128 valence electrons. The molecule has 0 atom stereocenters. The van der Waals surface area contributed by atoms with Gasteiger partial charge in [0, 0.05) is 16.5 Å². The van der Waals surface area contributed by atoms with Crippen LogP contribution in [-0.4, -0.2) is 26.5 Å². The van der Waals surface area contributed by atoms with Crippen molar-refractivity contribution in [1.82, 2.24) is 9.78 Å². The lowest BCUT2D eigenvalue weighted by Crippen LogP contribution is -2.11. The highest BCUT2D eigenvalue weighted by molar-refractivity contribution is 6.31. The van der Waals surface area contributed by atoms with Crippen LogP contribution in [0.4, 0.5) is 0 Å². The average molecular weight is 357 g/mol. The fourth-order valence-corrected chi connectivity index (χ4v) is 2.92. The van der Waals surface area contributed by atoms with Gasteiger partial charge in [-0.25, -0.2) is 0 Å². The maximum Gasteiger partial charge on any atom is 0.191 e. The lowest BCUT2D eigenvalue weighted by Gasteiger charge is -2.06. The number of hydrogen-bond donors (Lipinski definition) is 1. The molecule has 0 radical (unpaired) electrons. The Morgan fingerprint density at radius 1 is 1.16 bits per heavy atom. The number of fused-ring (bicyclic) bond motifs is 1. The van der Waals surface area contributed by atoms with Gasteiger partial charge in [-0.1, -0.05) is 29.8 Å². The monoisotopic (exact) mass is 356 g/mol. The van der Waals surface area contributed by atoms with Crippen molar-refractivity contribution in [2.75, 3.05) is 0 Å². The Labute approximate surface area is 149 Å². The number of benzene rings is 2. The number of carbonyl (C=O) groups is 2. The molecule has 0 unspecified atom stereocenters. The lowest BCUT2D eigenvalue weighted by molar-refractivity contribution is 0.0890. The second-order valence-electron chi connectivity index (χ2n) is 6.09. The average Bonchev–Trinajstić information content (AvgIpc) is 2.97. The van der Waals surface area contributed by atoms with Crippen LogP contribution >= 0.6 is 11.6 Å². The van der Waals surface area contributed by atoms with Gasteiger partial charge in [0.05, 0.1) is 17.5 Å². The summed E-state index contributed by atoms with van der Waals surface area (Å²) in [6.45, 7) is 3.95. The second-order valence-corrected chi connectivity index (χ2v) is 6.53. The van der Waals surface area contributed by atoms with Crippen LogP contribution in [0, 0.1) is 0 Å². The highest BCUT2D eigenvalue weighted by Crippen LogP contribution is 2.26. The maximum absolute atomic E-state index is 12.7. The first-order valence-corrected chi connectivity index (χ1v) is 8.28. The predicted octanol–water partition coefficient (Wildman–Crippen LogP) is 4.43. The van der Waals surface area contributed by atoms with Crippen molar-refractivity contribution in [3.05, 3.63) is 58.7 Å². The number of phenols is 1. The van der Waals surface area contributed by atoms with E-state index in [4.69, 9.17) is 11.6 Å². The maximum atomic E-state index is 12.7. The fraction of sp³-hybridized carbons (Fsp3) is 0.211. The van der Waals surface area contributed by atoms with Gasteiger partial charge in [-0.3, -0.25) is 14.3 Å². The van der Waals surface area contributed by atoms with Gasteiger partial charge in [0.15, 0.2) is 11.6 Å². The molecule has 0 saturated heterocycles. The highest BCUT2D eigenvalue weighted by Gasteiger charge is 2.22. The van der Waals surface area contributed by atoms with Gasteiger partial charge < -0.3 is 5.11 Å². The van der Waals surface area contributed by atoms with Crippen molar-refractivity contribution in [2.45, 2.75) is 26.3 Å². The van der Waals surface area contributed by atoms with Crippen LogP contribution in [0.25, 0.3) is 10.9 Å². The first kappa shape index (κ1) is 17.2. The number of Topliss-reactive ketones (excluding diaryl/α,β-unsaturated/α-hetero) is 2. The van der Waals surface area contributed by atoms with Gasteiger partial charge in [-0.05, 0) is 38.1 Å². The summed E-state index contributed by atoms with van der Waals surface area (Å²) in [4.78, 5) is 25.1. The number of rotatable bonds is 5. The smallest absolute Gasteiger partial charge is 0.191 e. The zero-order valence-electron chi connectivity index (χ0n) is 13.9. The number of aromatic nitrogens is 2. The molecule has 2 aromatic carbocycles. The van der Waals surface area contributed by atoms with Crippen molar-refractivity contribution in [2.24, 2.45) is 0 Å². The molecule has 1 heterocycles. The molecule has 0 aliphatic carbocycles. The number of para-hydroxylation sites is 1. The zero-order valence-corrected chi connectivity index (χ0v) is 14.6. The number of phenolic OH excluding ortho intramolecular Hbond substituents is 1. The molecule has 0 amide bonds. The molecule has 3 rings (SSSR count). The normalized spacial score (nSPS) is 11.2. The second kappa shape index (κ2) is 6.69. The minimum Gasteiger partial charge on any atom is -0.507 e. The van der Waals surface area contributed by atoms with Crippen LogP contribution in [0.3, 0.4) is 0 Å². The van der Waals surface area contributed by atoms with E-state index in [1.54, 1.807) is 4.68 Å². The third kappa shape index (κ3) is 3.28. The Kier molecular flexibility index (Phi) is 4.59. The van der Waals surface area contributed by atoms with E-state index in [-0.39, 0.29) is 35.3 Å². The van der Waals surface area contributed by atoms with E-state index in [1.165, 1.54) is 18.2 Å². The van der Waals surface area contributed by atoms with Gasteiger partial charge in [0.25, 0.3) is 0 Å². The molecule has 0 aliphatic heterocycles. The molecule has 5 nitrogen and oxygen atoms in total. The molecule has 1 N–H and O–H groups in total. The van der Waals surface area contributed by atoms with Crippen molar-refractivity contribution in [1.29, 1.82) is 0 Å². The molecule has 0 bridgehead atoms. The van der Waals surface area contributed by atoms with Crippen LogP contribution in [-0.2, 0) is 0 Å². The summed E-state index contributed by atoms with van der Waals surface area (Å²) < 4.78 is 1.77. The number of aromatic hydroxyl groups is 1. The Balaban J connectivity index is 1.95. The Hall–Kier alpha value is -2.66. The van der Waals surface area contributed by atoms with E-state index in [1.807, 2.05) is 38.1 Å². The van der Waals surface area contributed by atoms with Gasteiger partial charge in [0.1, 0.15) is 11.4 Å². The lowest BCUT2D eigenvalue weighted by atomic mass is 10.0. The van der Waals surface area contributed by atoms with Gasteiger partial charge in [-0.15, -0.1) is 0 Å². The zero-order chi connectivity index (χ0) is 18.1.